The fourth-order valence-electron chi connectivity index (χ4n) is 1.65. The highest BCUT2D eigenvalue weighted by Gasteiger charge is 2.00. The van der Waals surface area contributed by atoms with Gasteiger partial charge in [0, 0.05) is 30.1 Å². The minimum absolute atomic E-state index is 0.692. The number of hydrogen-bond acceptors (Lipinski definition) is 1. The Morgan fingerprint density at radius 1 is 1.33 bits per heavy atom. The van der Waals surface area contributed by atoms with E-state index in [2.05, 4.69) is 16.6 Å². The zero-order chi connectivity index (χ0) is 10.7. The Morgan fingerprint density at radius 2 is 2.20 bits per heavy atom. The molecule has 0 radical (unpaired) electrons. The number of nitriles is 1. The molecule has 0 aliphatic rings. The van der Waals surface area contributed by atoms with Crippen molar-refractivity contribution in [2.24, 2.45) is 0 Å². The van der Waals surface area contributed by atoms with Gasteiger partial charge in [0.25, 0.3) is 0 Å². The summed E-state index contributed by atoms with van der Waals surface area (Å²) >= 11 is 0. The van der Waals surface area contributed by atoms with Crippen LogP contribution < -0.4 is 0 Å². The number of benzene rings is 1. The molecule has 2 aromatic rings. The third kappa shape index (κ3) is 1.71. The second kappa shape index (κ2) is 3.90. The van der Waals surface area contributed by atoms with Crippen molar-refractivity contribution >= 4 is 10.9 Å². The van der Waals surface area contributed by atoms with E-state index in [4.69, 9.17) is 11.7 Å². The maximum atomic E-state index is 8.76. The molecule has 1 aromatic carbocycles. The molecule has 1 heterocycles. The smallest absolute Gasteiger partial charge is 0.0991 e. The zero-order valence-electron chi connectivity index (χ0n) is 8.27. The van der Waals surface area contributed by atoms with Crippen molar-refractivity contribution in [3.05, 3.63) is 36.0 Å². The van der Waals surface area contributed by atoms with Crippen molar-refractivity contribution in [1.82, 2.24) is 4.57 Å². The van der Waals surface area contributed by atoms with Crippen LogP contribution in [-0.2, 0) is 6.54 Å². The lowest BCUT2D eigenvalue weighted by atomic mass is 10.2. The molecule has 0 N–H and O–H groups in total. The summed E-state index contributed by atoms with van der Waals surface area (Å²) in [6.07, 6.45) is 7.96. The van der Waals surface area contributed by atoms with Crippen molar-refractivity contribution < 1.29 is 0 Å². The Bertz CT molecular complexity index is 564. The average Bonchev–Trinajstić information content (AvgIpc) is 2.68. The summed E-state index contributed by atoms with van der Waals surface area (Å²) in [6, 6.07) is 9.82. The monoisotopic (exact) mass is 194 g/mol. The van der Waals surface area contributed by atoms with Gasteiger partial charge in [-0.15, -0.1) is 12.3 Å². The molecule has 0 amide bonds. The summed E-state index contributed by atoms with van der Waals surface area (Å²) < 4.78 is 2.11. The summed E-state index contributed by atoms with van der Waals surface area (Å²) in [7, 11) is 0. The number of hydrogen-bond donors (Lipinski definition) is 0. The maximum Gasteiger partial charge on any atom is 0.0991 e. The summed E-state index contributed by atoms with van der Waals surface area (Å²) in [4.78, 5) is 0. The van der Waals surface area contributed by atoms with Gasteiger partial charge in [0.05, 0.1) is 11.6 Å². The number of terminal acetylenes is 1. The lowest BCUT2D eigenvalue weighted by molar-refractivity contribution is 0.749. The van der Waals surface area contributed by atoms with Gasteiger partial charge in [-0.1, -0.05) is 0 Å². The molecule has 2 rings (SSSR count). The minimum atomic E-state index is 0.692. The fraction of sp³-hybridized carbons (Fsp3) is 0.154. The second-order valence-corrected chi connectivity index (χ2v) is 3.35. The first-order valence-electron chi connectivity index (χ1n) is 4.77. The van der Waals surface area contributed by atoms with E-state index in [9.17, 15) is 0 Å². The molecule has 0 aliphatic heterocycles. The highest BCUT2D eigenvalue weighted by molar-refractivity contribution is 5.81. The summed E-state index contributed by atoms with van der Waals surface area (Å²) in [5.41, 5.74) is 1.82. The molecule has 72 valence electrons. The number of fused-ring (bicyclic) bond motifs is 1. The van der Waals surface area contributed by atoms with Crippen LogP contribution in [0.2, 0.25) is 0 Å². The van der Waals surface area contributed by atoms with Crippen LogP contribution >= 0.6 is 0 Å². The third-order valence-electron chi connectivity index (χ3n) is 2.40. The van der Waals surface area contributed by atoms with Crippen molar-refractivity contribution in [2.45, 2.75) is 13.0 Å². The summed E-state index contributed by atoms with van der Waals surface area (Å²) in [5, 5.41) is 9.85. The van der Waals surface area contributed by atoms with E-state index in [1.165, 1.54) is 0 Å². The number of aryl methyl sites for hydroxylation is 1. The van der Waals surface area contributed by atoms with Gasteiger partial charge < -0.3 is 4.57 Å². The van der Waals surface area contributed by atoms with Gasteiger partial charge in [-0.2, -0.15) is 5.26 Å². The zero-order valence-corrected chi connectivity index (χ0v) is 8.27. The van der Waals surface area contributed by atoms with Gasteiger partial charge in [-0.05, 0) is 24.3 Å². The van der Waals surface area contributed by atoms with E-state index in [0.29, 0.717) is 5.56 Å². The Morgan fingerprint density at radius 3 is 2.93 bits per heavy atom. The summed E-state index contributed by atoms with van der Waals surface area (Å²) in [5.74, 6) is 2.62. The molecule has 0 fully saturated rings. The first kappa shape index (κ1) is 9.37. The fourth-order valence-corrected chi connectivity index (χ4v) is 1.65. The normalized spacial score (nSPS) is 9.73. The van der Waals surface area contributed by atoms with Crippen LogP contribution in [0.15, 0.2) is 30.5 Å². The first-order valence-corrected chi connectivity index (χ1v) is 4.77. The van der Waals surface area contributed by atoms with Gasteiger partial charge in [0.15, 0.2) is 0 Å². The molecular formula is C13H10N2. The van der Waals surface area contributed by atoms with Crippen LogP contribution in [0.25, 0.3) is 10.9 Å². The van der Waals surface area contributed by atoms with E-state index in [1.807, 2.05) is 30.5 Å². The first-order chi connectivity index (χ1) is 7.35. The molecule has 0 spiro atoms. The van der Waals surface area contributed by atoms with E-state index in [1.54, 1.807) is 0 Å². The van der Waals surface area contributed by atoms with Crippen LogP contribution in [0.1, 0.15) is 12.0 Å². The van der Waals surface area contributed by atoms with Crippen molar-refractivity contribution in [3.63, 3.8) is 0 Å². The lowest BCUT2D eigenvalue weighted by Gasteiger charge is -2.01. The molecule has 2 heteroatoms. The number of aromatic nitrogens is 1. The molecule has 1 aromatic heterocycles. The molecule has 0 saturated heterocycles. The van der Waals surface area contributed by atoms with E-state index >= 15 is 0 Å². The highest BCUT2D eigenvalue weighted by Crippen LogP contribution is 2.17. The van der Waals surface area contributed by atoms with Crippen LogP contribution in [0.3, 0.4) is 0 Å². The Labute approximate surface area is 88.7 Å². The van der Waals surface area contributed by atoms with Crippen LogP contribution in [-0.4, -0.2) is 4.57 Å². The predicted octanol–water partition coefficient (Wildman–Crippen LogP) is 2.54. The molecule has 2 nitrogen and oxygen atoms in total. The number of rotatable bonds is 2. The number of nitrogens with zero attached hydrogens (tertiary/aromatic N) is 2. The molecule has 0 saturated carbocycles. The molecule has 0 unspecified atom stereocenters. The van der Waals surface area contributed by atoms with Crippen molar-refractivity contribution in [3.8, 4) is 18.4 Å². The van der Waals surface area contributed by atoms with Crippen molar-refractivity contribution in [2.75, 3.05) is 0 Å². The largest absolute Gasteiger partial charge is 0.347 e. The third-order valence-corrected chi connectivity index (χ3v) is 2.40. The highest BCUT2D eigenvalue weighted by atomic mass is 14.9. The van der Waals surface area contributed by atoms with E-state index in [-0.39, 0.29) is 0 Å². The lowest BCUT2D eigenvalue weighted by Crippen LogP contribution is -1.94. The van der Waals surface area contributed by atoms with Gasteiger partial charge in [0.1, 0.15) is 0 Å². The predicted molar refractivity (Wildman–Crippen MR) is 60.1 cm³/mol. The van der Waals surface area contributed by atoms with Gasteiger partial charge in [-0.3, -0.25) is 0 Å². The Kier molecular flexibility index (Phi) is 2.44. The molecule has 0 atom stereocenters. The second-order valence-electron chi connectivity index (χ2n) is 3.35. The molecule has 15 heavy (non-hydrogen) atoms. The van der Waals surface area contributed by atoms with E-state index < -0.39 is 0 Å². The van der Waals surface area contributed by atoms with E-state index in [0.717, 1.165) is 23.9 Å². The molecular weight excluding hydrogens is 184 g/mol. The van der Waals surface area contributed by atoms with Crippen LogP contribution in [0.5, 0.6) is 0 Å². The van der Waals surface area contributed by atoms with Crippen LogP contribution in [0, 0.1) is 23.7 Å². The maximum absolute atomic E-state index is 8.76. The average molecular weight is 194 g/mol. The Hall–Kier alpha value is -2.19. The SMILES string of the molecule is C#CCCn1ccc2cc(C#N)ccc21. The van der Waals surface area contributed by atoms with Gasteiger partial charge >= 0.3 is 0 Å². The summed E-state index contributed by atoms with van der Waals surface area (Å²) in [6.45, 7) is 0.825. The minimum Gasteiger partial charge on any atom is -0.347 e. The molecule has 0 bridgehead atoms. The van der Waals surface area contributed by atoms with Gasteiger partial charge in [-0.25, -0.2) is 0 Å². The standard InChI is InChI=1S/C13H10N2/c1-2-3-7-15-8-6-12-9-11(10-14)4-5-13(12)15/h1,4-6,8-9H,3,7H2. The van der Waals surface area contributed by atoms with Gasteiger partial charge in [0.2, 0.25) is 0 Å². The van der Waals surface area contributed by atoms with Crippen LogP contribution in [0.4, 0.5) is 0 Å². The Balaban J connectivity index is 2.45. The quantitative estimate of drug-likeness (QED) is 0.675. The molecule has 0 aliphatic carbocycles. The van der Waals surface area contributed by atoms with Crippen molar-refractivity contribution in [1.29, 1.82) is 5.26 Å². The topological polar surface area (TPSA) is 28.7 Å².